The molecule has 1 amide bonds. The van der Waals surface area contributed by atoms with Crippen LogP contribution in [-0.4, -0.2) is 51.6 Å². The second-order valence-corrected chi connectivity index (χ2v) is 8.96. The van der Waals surface area contributed by atoms with E-state index in [0.29, 0.717) is 6.42 Å². The van der Waals surface area contributed by atoms with Gasteiger partial charge >= 0.3 is 11.9 Å². The predicted molar refractivity (Wildman–Crippen MR) is 126 cm³/mol. The van der Waals surface area contributed by atoms with Crippen molar-refractivity contribution in [3.8, 4) is 0 Å². The Morgan fingerprint density at radius 3 is 2.41 bits per heavy atom. The molecule has 3 atom stereocenters. The number of rotatable bonds is 11. The molecule has 7 heteroatoms. The van der Waals surface area contributed by atoms with Crippen molar-refractivity contribution >= 4 is 11.9 Å². The highest BCUT2D eigenvalue weighted by molar-refractivity contribution is 5.87. The summed E-state index contributed by atoms with van der Waals surface area (Å²) in [5.74, 6) is -5.73. The van der Waals surface area contributed by atoms with Gasteiger partial charge in [-0.1, -0.05) is 61.5 Å². The van der Waals surface area contributed by atoms with Gasteiger partial charge in [0.2, 0.25) is 0 Å². The number of carboxylic acid groups (broad SMARTS) is 1. The third-order valence-electron chi connectivity index (χ3n) is 6.36. The summed E-state index contributed by atoms with van der Waals surface area (Å²) in [7, 11) is 0. The molecule has 1 aliphatic heterocycles. The number of halogens is 2. The van der Waals surface area contributed by atoms with Crippen molar-refractivity contribution in [1.29, 1.82) is 0 Å². The van der Waals surface area contributed by atoms with Crippen LogP contribution in [0.4, 0.5) is 8.78 Å². The number of likely N-dealkylation sites (tertiary alicyclic amines) is 1. The second kappa shape index (κ2) is 11.4. The fourth-order valence-corrected chi connectivity index (χ4v) is 4.20. The Bertz CT molecular complexity index is 991. The molecular weight excluding hydrogens is 440 g/mol. The Balaban J connectivity index is 1.55. The summed E-state index contributed by atoms with van der Waals surface area (Å²) >= 11 is 0. The first-order valence-corrected chi connectivity index (χ1v) is 11.6. The lowest BCUT2D eigenvalue weighted by Crippen LogP contribution is -2.37. The highest BCUT2D eigenvalue weighted by Gasteiger charge is 2.52. The number of benzene rings is 2. The molecule has 0 spiro atoms. The van der Waals surface area contributed by atoms with Gasteiger partial charge in [0.1, 0.15) is 0 Å². The van der Waals surface area contributed by atoms with Crippen LogP contribution in [0.25, 0.3) is 0 Å². The lowest BCUT2D eigenvalue weighted by Gasteiger charge is -2.22. The fourth-order valence-electron chi connectivity index (χ4n) is 4.20. The zero-order valence-corrected chi connectivity index (χ0v) is 19.2. The Kier molecular flexibility index (Phi) is 8.56. The van der Waals surface area contributed by atoms with Crippen molar-refractivity contribution in [3.05, 3.63) is 83.4 Å². The molecule has 0 saturated carbocycles. The maximum atomic E-state index is 14.2. The molecular formula is C27H31F2NO4. The Hall–Kier alpha value is -3.06. The average molecular weight is 472 g/mol. The van der Waals surface area contributed by atoms with Gasteiger partial charge in [0.25, 0.3) is 5.91 Å². The van der Waals surface area contributed by atoms with Crippen molar-refractivity contribution in [2.75, 3.05) is 6.54 Å². The summed E-state index contributed by atoms with van der Waals surface area (Å²) in [4.78, 5) is 24.4. The number of aliphatic hydroxyl groups excluding tert-OH is 1. The van der Waals surface area contributed by atoms with E-state index in [1.807, 2.05) is 25.1 Å². The average Bonchev–Trinajstić information content (AvgIpc) is 3.04. The SMILES string of the molecule is C[C@@H](CCCc1ccccc1)[C@@H](O)C=C[C@H]1CC(F)(F)C(=O)N1CCc1ccc(C(=O)O)cc1. The molecule has 5 nitrogen and oxygen atoms in total. The van der Waals surface area contributed by atoms with E-state index in [2.05, 4.69) is 12.1 Å². The first-order chi connectivity index (χ1) is 16.2. The lowest BCUT2D eigenvalue weighted by atomic mass is 9.95. The van der Waals surface area contributed by atoms with Crippen LogP contribution in [0.5, 0.6) is 0 Å². The van der Waals surface area contributed by atoms with Gasteiger partial charge in [-0.25, -0.2) is 4.79 Å². The van der Waals surface area contributed by atoms with E-state index >= 15 is 0 Å². The van der Waals surface area contributed by atoms with E-state index in [9.17, 15) is 23.5 Å². The predicted octanol–water partition coefficient (Wildman–Crippen LogP) is 4.74. The van der Waals surface area contributed by atoms with Crippen LogP contribution in [0, 0.1) is 5.92 Å². The molecule has 0 radical (unpaired) electrons. The molecule has 0 aliphatic carbocycles. The van der Waals surface area contributed by atoms with Gasteiger partial charge in [0.15, 0.2) is 0 Å². The third-order valence-corrected chi connectivity index (χ3v) is 6.36. The van der Waals surface area contributed by atoms with Crippen LogP contribution in [0.1, 0.15) is 47.7 Å². The number of hydrogen-bond acceptors (Lipinski definition) is 3. The maximum Gasteiger partial charge on any atom is 0.335 e. The zero-order valence-electron chi connectivity index (χ0n) is 19.2. The quantitative estimate of drug-likeness (QED) is 0.464. The van der Waals surface area contributed by atoms with Gasteiger partial charge in [0, 0.05) is 13.0 Å². The topological polar surface area (TPSA) is 77.8 Å². The van der Waals surface area contributed by atoms with Crippen LogP contribution in [0.2, 0.25) is 0 Å². The number of aryl methyl sites for hydroxylation is 1. The normalized spacial score (nSPS) is 19.5. The van der Waals surface area contributed by atoms with E-state index < -0.39 is 36.4 Å². The van der Waals surface area contributed by atoms with Crippen molar-refractivity contribution in [2.45, 2.75) is 57.1 Å². The second-order valence-electron chi connectivity index (χ2n) is 8.96. The number of carboxylic acids is 1. The van der Waals surface area contributed by atoms with Gasteiger partial charge in [-0.15, -0.1) is 0 Å². The van der Waals surface area contributed by atoms with E-state index in [1.165, 1.54) is 29.8 Å². The summed E-state index contributed by atoms with van der Waals surface area (Å²) in [5, 5.41) is 19.5. The minimum Gasteiger partial charge on any atom is -0.478 e. The Morgan fingerprint density at radius 2 is 1.76 bits per heavy atom. The Morgan fingerprint density at radius 1 is 1.12 bits per heavy atom. The fraction of sp³-hybridized carbons (Fsp3) is 0.407. The van der Waals surface area contributed by atoms with Crippen LogP contribution in [0.3, 0.4) is 0 Å². The van der Waals surface area contributed by atoms with Crippen LogP contribution in [0.15, 0.2) is 66.7 Å². The van der Waals surface area contributed by atoms with Crippen molar-refractivity contribution in [1.82, 2.24) is 4.90 Å². The maximum absolute atomic E-state index is 14.2. The number of aliphatic hydroxyl groups is 1. The van der Waals surface area contributed by atoms with Gasteiger partial charge < -0.3 is 15.1 Å². The molecule has 1 aliphatic rings. The largest absolute Gasteiger partial charge is 0.478 e. The molecule has 1 saturated heterocycles. The smallest absolute Gasteiger partial charge is 0.335 e. The molecule has 2 aromatic rings. The van der Waals surface area contributed by atoms with E-state index in [0.717, 1.165) is 29.7 Å². The summed E-state index contributed by atoms with van der Waals surface area (Å²) in [6, 6.07) is 15.4. The van der Waals surface area contributed by atoms with Gasteiger partial charge in [-0.05, 0) is 54.9 Å². The molecule has 0 bridgehead atoms. The molecule has 0 unspecified atom stereocenters. The van der Waals surface area contributed by atoms with Crippen molar-refractivity contribution in [2.24, 2.45) is 5.92 Å². The highest BCUT2D eigenvalue weighted by Crippen LogP contribution is 2.34. The van der Waals surface area contributed by atoms with Crippen LogP contribution < -0.4 is 0 Å². The van der Waals surface area contributed by atoms with E-state index in [4.69, 9.17) is 5.11 Å². The molecule has 1 heterocycles. The highest BCUT2D eigenvalue weighted by atomic mass is 19.3. The molecule has 2 N–H and O–H groups in total. The molecule has 2 aromatic carbocycles. The number of alkyl halides is 2. The van der Waals surface area contributed by atoms with Gasteiger partial charge in [-0.2, -0.15) is 8.78 Å². The molecule has 182 valence electrons. The number of amides is 1. The number of nitrogens with zero attached hydrogens (tertiary/aromatic N) is 1. The third kappa shape index (κ3) is 6.73. The number of hydrogen-bond donors (Lipinski definition) is 2. The zero-order chi connectivity index (χ0) is 24.7. The Labute approximate surface area is 198 Å². The minimum absolute atomic E-state index is 0.0428. The summed E-state index contributed by atoms with van der Waals surface area (Å²) in [6.07, 6.45) is 4.57. The molecule has 3 rings (SSSR count). The van der Waals surface area contributed by atoms with Crippen LogP contribution in [-0.2, 0) is 17.6 Å². The lowest BCUT2D eigenvalue weighted by molar-refractivity contribution is -0.148. The van der Waals surface area contributed by atoms with Gasteiger partial charge in [-0.3, -0.25) is 4.79 Å². The number of carbonyl (C=O) groups is 2. The monoisotopic (exact) mass is 471 g/mol. The summed E-state index contributed by atoms with van der Waals surface area (Å²) in [5.41, 5.74) is 2.13. The van der Waals surface area contributed by atoms with Crippen molar-refractivity contribution < 1.29 is 28.6 Å². The van der Waals surface area contributed by atoms with Gasteiger partial charge in [0.05, 0.1) is 17.7 Å². The van der Waals surface area contributed by atoms with Crippen molar-refractivity contribution in [3.63, 3.8) is 0 Å². The number of aromatic carboxylic acids is 1. The van der Waals surface area contributed by atoms with E-state index in [1.54, 1.807) is 12.1 Å². The van der Waals surface area contributed by atoms with E-state index in [-0.39, 0.29) is 18.0 Å². The first-order valence-electron chi connectivity index (χ1n) is 11.6. The summed E-state index contributed by atoms with van der Waals surface area (Å²) in [6.45, 7) is 2.01. The first kappa shape index (κ1) is 25.6. The summed E-state index contributed by atoms with van der Waals surface area (Å²) < 4.78 is 28.3. The minimum atomic E-state index is -3.44. The molecule has 0 aromatic heterocycles. The molecule has 1 fully saturated rings. The van der Waals surface area contributed by atoms with Crippen LogP contribution >= 0.6 is 0 Å². The number of carbonyl (C=O) groups excluding carboxylic acids is 1. The standard InChI is InChI=1S/C27H31F2NO4/c1-19(6-5-9-20-7-3-2-4-8-20)24(31)15-14-23-18-27(28,29)26(34)30(23)17-16-21-10-12-22(13-11-21)25(32)33/h2-4,7-8,10-15,19,23-24,31H,5-6,9,16-18H2,1H3,(H,32,33)/t19-,23-,24-/m0/s1. The molecule has 34 heavy (non-hydrogen) atoms.